The van der Waals surface area contributed by atoms with Gasteiger partial charge in [-0.3, -0.25) is 4.79 Å². The average molecular weight is 485 g/mol. The number of nitrogens with zero attached hydrogens (tertiary/aromatic N) is 2. The van der Waals surface area contributed by atoms with Crippen molar-refractivity contribution >= 4 is 34.7 Å². The Kier molecular flexibility index (Phi) is 8.68. The fraction of sp³-hybridized carbons (Fsp3) is 0.179. The number of aromatic nitrogens is 1. The van der Waals surface area contributed by atoms with Crippen molar-refractivity contribution in [2.45, 2.75) is 20.4 Å². The number of methoxy groups -OCH3 is 1. The molecule has 0 fully saturated rings. The second kappa shape index (κ2) is 12.1. The van der Waals surface area contributed by atoms with Gasteiger partial charge in [0.05, 0.1) is 36.1 Å². The van der Waals surface area contributed by atoms with E-state index in [1.165, 1.54) is 0 Å². The zero-order valence-corrected chi connectivity index (χ0v) is 20.4. The Bertz CT molecular complexity index is 1400. The average Bonchev–Trinajstić information content (AvgIpc) is 3.22. The van der Waals surface area contributed by atoms with Crippen LogP contribution in [0.1, 0.15) is 29.8 Å². The molecule has 4 aromatic rings. The third kappa shape index (κ3) is 5.47. The van der Waals surface area contributed by atoms with Gasteiger partial charge in [0.15, 0.2) is 0 Å². The van der Waals surface area contributed by atoms with Crippen molar-refractivity contribution in [3.05, 3.63) is 77.9 Å². The van der Waals surface area contributed by atoms with Gasteiger partial charge < -0.3 is 25.1 Å². The first-order chi connectivity index (χ1) is 17.5. The molecule has 0 aliphatic rings. The summed E-state index contributed by atoms with van der Waals surface area (Å²) in [6, 6.07) is 23.3. The molecule has 8 nitrogen and oxygen atoms in total. The highest BCUT2D eigenvalue weighted by atomic mass is 16.5. The summed E-state index contributed by atoms with van der Waals surface area (Å²) in [5.41, 5.74) is 9.84. The molecule has 0 bridgehead atoms. The Labute approximate surface area is 209 Å². The van der Waals surface area contributed by atoms with Crippen LogP contribution < -0.4 is 15.8 Å². The van der Waals surface area contributed by atoms with Crippen molar-refractivity contribution in [2.75, 3.05) is 19.0 Å². The molecule has 4 rings (SSSR count). The van der Waals surface area contributed by atoms with E-state index in [4.69, 9.17) is 14.3 Å². The van der Waals surface area contributed by atoms with Crippen LogP contribution in [0, 0.1) is 11.3 Å². The number of anilines is 2. The van der Waals surface area contributed by atoms with E-state index in [0.717, 1.165) is 39.3 Å². The number of nitrogens with two attached hydrogens (primary N) is 1. The van der Waals surface area contributed by atoms with E-state index in [1.54, 1.807) is 26.2 Å². The maximum Gasteiger partial charge on any atom is 0.338 e. The Morgan fingerprint density at radius 3 is 2.42 bits per heavy atom. The summed E-state index contributed by atoms with van der Waals surface area (Å²) in [4.78, 5) is 20.5. The fourth-order valence-corrected chi connectivity index (χ4v) is 4.01. The van der Waals surface area contributed by atoms with E-state index in [0.29, 0.717) is 24.3 Å². The molecule has 0 atom stereocenters. The molecule has 36 heavy (non-hydrogen) atoms. The highest BCUT2D eigenvalue weighted by Crippen LogP contribution is 2.36. The van der Waals surface area contributed by atoms with E-state index >= 15 is 0 Å². The fourth-order valence-electron chi connectivity index (χ4n) is 4.01. The summed E-state index contributed by atoms with van der Waals surface area (Å²) in [7, 11) is 1.64. The predicted octanol–water partition coefficient (Wildman–Crippen LogP) is 5.23. The lowest BCUT2D eigenvalue weighted by Gasteiger charge is -2.12. The van der Waals surface area contributed by atoms with Crippen LogP contribution in [0.4, 0.5) is 11.4 Å². The molecule has 0 radical (unpaired) electrons. The van der Waals surface area contributed by atoms with E-state index in [1.807, 2.05) is 54.6 Å². The van der Waals surface area contributed by atoms with E-state index in [2.05, 4.69) is 28.6 Å². The van der Waals surface area contributed by atoms with Crippen LogP contribution in [0.5, 0.6) is 5.75 Å². The van der Waals surface area contributed by atoms with Gasteiger partial charge in [0, 0.05) is 34.9 Å². The Balaban J connectivity index is 0.00000115. The van der Waals surface area contributed by atoms with Crippen molar-refractivity contribution in [1.82, 2.24) is 4.57 Å². The third-order valence-corrected chi connectivity index (χ3v) is 5.52. The minimum atomic E-state index is -0.334. The number of hydrogen-bond donors (Lipinski definition) is 2. The smallest absolute Gasteiger partial charge is 0.338 e. The molecule has 0 unspecified atom stereocenters. The number of amides is 1. The lowest BCUT2D eigenvalue weighted by molar-refractivity contribution is -0.106. The lowest BCUT2D eigenvalue weighted by atomic mass is 10.1. The first-order valence-electron chi connectivity index (χ1n) is 11.4. The van der Waals surface area contributed by atoms with Crippen LogP contribution in [0.25, 0.3) is 22.2 Å². The highest BCUT2D eigenvalue weighted by Gasteiger charge is 2.19. The Morgan fingerprint density at radius 2 is 1.81 bits per heavy atom. The highest BCUT2D eigenvalue weighted by molar-refractivity contribution is 5.95. The first-order valence-corrected chi connectivity index (χ1v) is 11.4. The second-order valence-corrected chi connectivity index (χ2v) is 7.60. The summed E-state index contributed by atoms with van der Waals surface area (Å²) >= 11 is 0. The van der Waals surface area contributed by atoms with Crippen molar-refractivity contribution in [3.63, 3.8) is 0 Å². The van der Waals surface area contributed by atoms with Gasteiger partial charge in [-0.05, 0) is 62.4 Å². The van der Waals surface area contributed by atoms with E-state index in [9.17, 15) is 10.1 Å². The molecule has 0 saturated heterocycles. The number of nitriles is 1. The topological polar surface area (TPSA) is 119 Å². The number of esters is 1. The van der Waals surface area contributed by atoms with Gasteiger partial charge in [-0.15, -0.1) is 0 Å². The standard InChI is InChI=1S/C27H25N3O3.CH3NO/c1-4-30-25-16-22(32-3)13-14-23(25)24(17-28)26(30)19-7-6-8-21(15-19)29-20-11-9-18(10-12-20)27(31)33-5-2;2-1-3/h6-16,29H,4-5H2,1-3H3;1H,(H2,2,3). The molecule has 1 amide bonds. The molecule has 0 aliphatic carbocycles. The number of hydrogen-bond acceptors (Lipinski definition) is 6. The number of rotatable bonds is 7. The van der Waals surface area contributed by atoms with Gasteiger partial charge >= 0.3 is 5.97 Å². The summed E-state index contributed by atoms with van der Waals surface area (Å²) < 4.78 is 12.6. The molecule has 3 aromatic carbocycles. The van der Waals surface area contributed by atoms with E-state index < -0.39 is 0 Å². The second-order valence-electron chi connectivity index (χ2n) is 7.60. The molecule has 0 saturated carbocycles. The zero-order chi connectivity index (χ0) is 26.1. The van der Waals surface area contributed by atoms with Crippen LogP contribution in [0.3, 0.4) is 0 Å². The van der Waals surface area contributed by atoms with Crippen molar-refractivity contribution in [3.8, 4) is 23.1 Å². The van der Waals surface area contributed by atoms with Gasteiger partial charge in [-0.25, -0.2) is 4.79 Å². The number of aryl methyl sites for hydroxylation is 1. The van der Waals surface area contributed by atoms with Gasteiger partial charge in [0.2, 0.25) is 6.41 Å². The van der Waals surface area contributed by atoms with Crippen LogP contribution in [0.2, 0.25) is 0 Å². The molecule has 184 valence electrons. The quantitative estimate of drug-likeness (QED) is 0.274. The number of ether oxygens (including phenoxy) is 2. The van der Waals surface area contributed by atoms with Crippen molar-refractivity contribution in [2.24, 2.45) is 5.73 Å². The molecular weight excluding hydrogens is 456 g/mol. The number of primary amides is 1. The predicted molar refractivity (Wildman–Crippen MR) is 140 cm³/mol. The number of benzene rings is 3. The van der Waals surface area contributed by atoms with Crippen molar-refractivity contribution < 1.29 is 19.1 Å². The van der Waals surface area contributed by atoms with Gasteiger partial charge in [0.1, 0.15) is 11.8 Å². The minimum absolute atomic E-state index is 0.250. The maximum atomic E-state index is 11.9. The summed E-state index contributed by atoms with van der Waals surface area (Å²) in [5.74, 6) is 0.423. The van der Waals surface area contributed by atoms with Crippen LogP contribution in [0.15, 0.2) is 66.7 Å². The number of carbonyl (C=O) groups excluding carboxylic acids is 2. The first kappa shape index (κ1) is 25.8. The largest absolute Gasteiger partial charge is 0.497 e. The number of nitrogens with one attached hydrogen (secondary N) is 1. The molecule has 1 heterocycles. The molecular formula is C28H28N4O4. The molecule has 3 N–H and O–H groups in total. The molecule has 0 aliphatic heterocycles. The number of carbonyl (C=O) groups is 2. The Hall–Kier alpha value is -4.77. The minimum Gasteiger partial charge on any atom is -0.497 e. The normalized spacial score (nSPS) is 10.1. The summed E-state index contributed by atoms with van der Waals surface area (Å²) in [6.45, 7) is 4.91. The van der Waals surface area contributed by atoms with Gasteiger partial charge in [-0.2, -0.15) is 5.26 Å². The van der Waals surface area contributed by atoms with Gasteiger partial charge in [-0.1, -0.05) is 12.1 Å². The lowest BCUT2D eigenvalue weighted by Crippen LogP contribution is -2.04. The molecule has 0 spiro atoms. The third-order valence-electron chi connectivity index (χ3n) is 5.52. The molecule has 8 heteroatoms. The van der Waals surface area contributed by atoms with Crippen LogP contribution in [-0.4, -0.2) is 30.7 Å². The molecule has 1 aromatic heterocycles. The monoisotopic (exact) mass is 484 g/mol. The van der Waals surface area contributed by atoms with Crippen molar-refractivity contribution in [1.29, 1.82) is 5.26 Å². The van der Waals surface area contributed by atoms with Crippen LogP contribution >= 0.6 is 0 Å². The summed E-state index contributed by atoms with van der Waals surface area (Å²) in [6.07, 6.45) is 0.250. The van der Waals surface area contributed by atoms with Crippen LogP contribution in [-0.2, 0) is 16.1 Å². The zero-order valence-electron chi connectivity index (χ0n) is 20.4. The van der Waals surface area contributed by atoms with Gasteiger partial charge in [0.25, 0.3) is 0 Å². The summed E-state index contributed by atoms with van der Waals surface area (Å²) in [5, 5.41) is 14.3. The maximum absolute atomic E-state index is 11.9. The van der Waals surface area contributed by atoms with E-state index in [-0.39, 0.29) is 12.4 Å². The Morgan fingerprint density at radius 1 is 1.08 bits per heavy atom. The number of fused-ring (bicyclic) bond motifs is 1. The SMILES string of the molecule is CCOC(=O)c1ccc(Nc2cccc(-c3c(C#N)c4ccc(OC)cc4n3CC)c2)cc1.NC=O.